The first kappa shape index (κ1) is 13.1. The van der Waals surface area contributed by atoms with E-state index in [0.717, 1.165) is 12.1 Å². The van der Waals surface area contributed by atoms with E-state index in [1.54, 1.807) is 0 Å². The fourth-order valence-corrected chi connectivity index (χ4v) is 1.15. The average Bonchev–Trinajstić information content (AvgIpc) is 2.27. The molecule has 0 atom stereocenters. The van der Waals surface area contributed by atoms with Crippen molar-refractivity contribution in [2.45, 2.75) is 6.92 Å². The Morgan fingerprint density at radius 2 is 1.76 bits per heavy atom. The van der Waals surface area contributed by atoms with Crippen LogP contribution in [0.2, 0.25) is 0 Å². The van der Waals surface area contributed by atoms with Crippen LogP contribution in [0.4, 0.5) is 8.78 Å². The SMILES string of the molecule is CC(=O)NCCNC(=O)c1ccc(F)c(F)c1. The number of benzene rings is 1. The highest BCUT2D eigenvalue weighted by Gasteiger charge is 2.08. The molecule has 0 heterocycles. The van der Waals surface area contributed by atoms with Crippen LogP contribution < -0.4 is 10.6 Å². The predicted octanol–water partition coefficient (Wildman–Crippen LogP) is 0.831. The summed E-state index contributed by atoms with van der Waals surface area (Å²) in [7, 11) is 0. The van der Waals surface area contributed by atoms with Gasteiger partial charge in [0.15, 0.2) is 11.6 Å². The zero-order valence-corrected chi connectivity index (χ0v) is 9.22. The molecule has 0 spiro atoms. The van der Waals surface area contributed by atoms with Crippen LogP contribution in [-0.2, 0) is 4.79 Å². The maximum absolute atomic E-state index is 12.8. The molecule has 0 radical (unpaired) electrons. The Bertz CT molecular complexity index is 435. The van der Waals surface area contributed by atoms with Crippen molar-refractivity contribution in [3.63, 3.8) is 0 Å². The molecule has 1 aromatic carbocycles. The number of rotatable bonds is 4. The van der Waals surface area contributed by atoms with Crippen LogP contribution in [-0.4, -0.2) is 24.9 Å². The number of carbonyl (C=O) groups excluding carboxylic acids is 2. The molecular weight excluding hydrogens is 230 g/mol. The largest absolute Gasteiger partial charge is 0.355 e. The van der Waals surface area contributed by atoms with Gasteiger partial charge in [0, 0.05) is 25.6 Å². The number of hydrogen-bond acceptors (Lipinski definition) is 2. The van der Waals surface area contributed by atoms with Gasteiger partial charge in [-0.2, -0.15) is 0 Å². The maximum atomic E-state index is 12.8. The van der Waals surface area contributed by atoms with Crippen molar-refractivity contribution in [1.29, 1.82) is 0 Å². The van der Waals surface area contributed by atoms with Crippen LogP contribution in [0.15, 0.2) is 18.2 Å². The number of carbonyl (C=O) groups is 2. The van der Waals surface area contributed by atoms with Crippen molar-refractivity contribution < 1.29 is 18.4 Å². The zero-order chi connectivity index (χ0) is 12.8. The fourth-order valence-electron chi connectivity index (χ4n) is 1.15. The predicted molar refractivity (Wildman–Crippen MR) is 57.4 cm³/mol. The molecule has 17 heavy (non-hydrogen) atoms. The highest BCUT2D eigenvalue weighted by atomic mass is 19.2. The summed E-state index contributed by atoms with van der Waals surface area (Å²) in [5.41, 5.74) is 0.0340. The van der Waals surface area contributed by atoms with E-state index in [-0.39, 0.29) is 24.6 Å². The fraction of sp³-hybridized carbons (Fsp3) is 0.273. The molecule has 6 heteroatoms. The lowest BCUT2D eigenvalue weighted by molar-refractivity contribution is -0.118. The Morgan fingerprint density at radius 1 is 1.12 bits per heavy atom. The van der Waals surface area contributed by atoms with Gasteiger partial charge in [-0.25, -0.2) is 8.78 Å². The first-order valence-corrected chi connectivity index (χ1v) is 4.98. The van der Waals surface area contributed by atoms with Gasteiger partial charge in [-0.05, 0) is 18.2 Å². The first-order valence-electron chi connectivity index (χ1n) is 4.98. The molecule has 0 aliphatic carbocycles. The summed E-state index contributed by atoms with van der Waals surface area (Å²) in [6.45, 7) is 1.86. The number of halogens is 2. The molecule has 0 saturated heterocycles. The molecule has 1 rings (SSSR count). The summed E-state index contributed by atoms with van der Waals surface area (Å²) < 4.78 is 25.4. The van der Waals surface area contributed by atoms with E-state index in [1.807, 2.05) is 0 Å². The zero-order valence-electron chi connectivity index (χ0n) is 9.22. The van der Waals surface area contributed by atoms with Crippen LogP contribution in [0.25, 0.3) is 0 Å². The monoisotopic (exact) mass is 242 g/mol. The maximum Gasteiger partial charge on any atom is 0.251 e. The van der Waals surface area contributed by atoms with Gasteiger partial charge in [0.25, 0.3) is 5.91 Å². The number of amides is 2. The Labute approximate surface area is 97.0 Å². The Hall–Kier alpha value is -1.98. The van der Waals surface area contributed by atoms with Gasteiger partial charge in [0.1, 0.15) is 0 Å². The van der Waals surface area contributed by atoms with E-state index < -0.39 is 17.5 Å². The summed E-state index contributed by atoms with van der Waals surface area (Å²) in [5.74, 6) is -2.79. The number of nitrogens with one attached hydrogen (secondary N) is 2. The average molecular weight is 242 g/mol. The summed E-state index contributed by atoms with van der Waals surface area (Å²) in [5, 5.41) is 4.94. The van der Waals surface area contributed by atoms with Crippen LogP contribution in [0.1, 0.15) is 17.3 Å². The quantitative estimate of drug-likeness (QED) is 0.768. The van der Waals surface area contributed by atoms with Crippen molar-refractivity contribution in [1.82, 2.24) is 10.6 Å². The molecule has 92 valence electrons. The molecule has 0 aliphatic heterocycles. The van der Waals surface area contributed by atoms with Crippen molar-refractivity contribution in [2.24, 2.45) is 0 Å². The van der Waals surface area contributed by atoms with Crippen molar-refractivity contribution in [2.75, 3.05) is 13.1 Å². The van der Waals surface area contributed by atoms with E-state index in [2.05, 4.69) is 10.6 Å². The lowest BCUT2D eigenvalue weighted by Gasteiger charge is -2.05. The standard InChI is InChI=1S/C11H12F2N2O2/c1-7(16)14-4-5-15-11(17)8-2-3-9(12)10(13)6-8/h2-3,6H,4-5H2,1H3,(H,14,16)(H,15,17). The third-order valence-corrected chi connectivity index (χ3v) is 1.97. The van der Waals surface area contributed by atoms with Crippen LogP contribution in [0.3, 0.4) is 0 Å². The highest BCUT2D eigenvalue weighted by Crippen LogP contribution is 2.08. The minimum absolute atomic E-state index is 0.0340. The van der Waals surface area contributed by atoms with Crippen LogP contribution >= 0.6 is 0 Å². The minimum Gasteiger partial charge on any atom is -0.355 e. The molecule has 0 fully saturated rings. The van der Waals surface area contributed by atoms with Gasteiger partial charge in [0.2, 0.25) is 5.91 Å². The van der Waals surface area contributed by atoms with Gasteiger partial charge in [0.05, 0.1) is 0 Å². The van der Waals surface area contributed by atoms with Gasteiger partial charge >= 0.3 is 0 Å². The Balaban J connectivity index is 2.47. The summed E-state index contributed by atoms with van der Waals surface area (Å²) in [6.07, 6.45) is 0. The summed E-state index contributed by atoms with van der Waals surface area (Å²) in [6, 6.07) is 2.90. The summed E-state index contributed by atoms with van der Waals surface area (Å²) >= 11 is 0. The lowest BCUT2D eigenvalue weighted by atomic mass is 10.2. The molecular formula is C11H12F2N2O2. The van der Waals surface area contributed by atoms with E-state index in [0.29, 0.717) is 0 Å². The molecule has 0 saturated carbocycles. The smallest absolute Gasteiger partial charge is 0.251 e. The molecule has 0 aromatic heterocycles. The van der Waals surface area contributed by atoms with E-state index in [1.165, 1.54) is 13.0 Å². The van der Waals surface area contributed by atoms with Crippen LogP contribution in [0.5, 0.6) is 0 Å². The molecule has 2 amide bonds. The molecule has 0 aliphatic rings. The molecule has 4 nitrogen and oxygen atoms in total. The normalized spacial score (nSPS) is 9.82. The van der Waals surface area contributed by atoms with E-state index >= 15 is 0 Å². The van der Waals surface area contributed by atoms with E-state index in [4.69, 9.17) is 0 Å². The van der Waals surface area contributed by atoms with Crippen molar-refractivity contribution >= 4 is 11.8 Å². The highest BCUT2D eigenvalue weighted by molar-refractivity contribution is 5.94. The van der Waals surface area contributed by atoms with E-state index in [9.17, 15) is 18.4 Å². The van der Waals surface area contributed by atoms with Crippen molar-refractivity contribution in [3.05, 3.63) is 35.4 Å². The van der Waals surface area contributed by atoms with Crippen molar-refractivity contribution in [3.8, 4) is 0 Å². The Kier molecular flexibility index (Phi) is 4.56. The second-order valence-corrected chi connectivity index (χ2v) is 3.37. The third kappa shape index (κ3) is 4.18. The van der Waals surface area contributed by atoms with Gasteiger partial charge < -0.3 is 10.6 Å². The lowest BCUT2D eigenvalue weighted by Crippen LogP contribution is -2.33. The van der Waals surface area contributed by atoms with Crippen LogP contribution in [0, 0.1) is 11.6 Å². The summed E-state index contributed by atoms with van der Waals surface area (Å²) in [4.78, 5) is 22.0. The third-order valence-electron chi connectivity index (χ3n) is 1.97. The molecule has 0 bridgehead atoms. The topological polar surface area (TPSA) is 58.2 Å². The molecule has 0 unspecified atom stereocenters. The Morgan fingerprint density at radius 3 is 2.35 bits per heavy atom. The number of hydrogen-bond donors (Lipinski definition) is 2. The molecule has 1 aromatic rings. The molecule has 2 N–H and O–H groups in total. The minimum atomic E-state index is -1.07. The first-order chi connectivity index (χ1) is 8.00. The van der Waals surface area contributed by atoms with Gasteiger partial charge in [-0.3, -0.25) is 9.59 Å². The van der Waals surface area contributed by atoms with Gasteiger partial charge in [-0.15, -0.1) is 0 Å². The van der Waals surface area contributed by atoms with Gasteiger partial charge in [-0.1, -0.05) is 0 Å². The second kappa shape index (κ2) is 5.93. The second-order valence-electron chi connectivity index (χ2n) is 3.37.